The van der Waals surface area contributed by atoms with Gasteiger partial charge >= 0.3 is 0 Å². The molecule has 3 rings (SSSR count). The number of hydrogen-bond acceptors (Lipinski definition) is 6. The fourth-order valence-electron chi connectivity index (χ4n) is 1.94. The predicted molar refractivity (Wildman–Crippen MR) is 58.0 cm³/mol. The van der Waals surface area contributed by atoms with Gasteiger partial charge in [-0.15, -0.1) is 14.8 Å². The molecule has 2 aromatic heterocycles. The Balaban J connectivity index is 1.87. The topological polar surface area (TPSA) is 85.2 Å². The Kier molecular flexibility index (Phi) is 2.17. The largest absolute Gasteiger partial charge is 0.355 e. The summed E-state index contributed by atoms with van der Waals surface area (Å²) in [4.78, 5) is 2.21. The highest BCUT2D eigenvalue weighted by atomic mass is 15.6. The number of hydrogen-bond donors (Lipinski definition) is 1. The van der Waals surface area contributed by atoms with E-state index in [1.165, 1.54) is 4.63 Å². The summed E-state index contributed by atoms with van der Waals surface area (Å²) in [5, 5.41) is 15.5. The molecular formula is C9H13N7. The first-order valence-electron chi connectivity index (χ1n) is 5.39. The first-order chi connectivity index (χ1) is 7.83. The molecule has 1 aliphatic rings. The van der Waals surface area contributed by atoms with Crippen molar-refractivity contribution in [1.29, 1.82) is 0 Å². The Morgan fingerprint density at radius 1 is 1.25 bits per heavy atom. The molecule has 0 saturated carbocycles. The Morgan fingerprint density at radius 3 is 2.88 bits per heavy atom. The maximum atomic E-state index is 5.86. The van der Waals surface area contributed by atoms with E-state index in [-0.39, 0.29) is 0 Å². The van der Waals surface area contributed by atoms with E-state index in [9.17, 15) is 0 Å². The molecule has 1 aliphatic heterocycles. The molecule has 0 aliphatic carbocycles. The van der Waals surface area contributed by atoms with Gasteiger partial charge in [0.15, 0.2) is 11.5 Å². The van der Waals surface area contributed by atoms with E-state index in [1.54, 1.807) is 0 Å². The van der Waals surface area contributed by atoms with Crippen LogP contribution in [0, 0.1) is 0 Å². The summed E-state index contributed by atoms with van der Waals surface area (Å²) in [5.41, 5.74) is 6.53. The van der Waals surface area contributed by atoms with Gasteiger partial charge in [-0.05, 0) is 35.4 Å². The Bertz CT molecular complexity index is 485. The summed E-state index contributed by atoms with van der Waals surface area (Å²) in [6.07, 6.45) is 2.02. The fraction of sp³-hybridized carbons (Fsp3) is 0.556. The molecule has 3 heterocycles. The van der Waals surface area contributed by atoms with Crippen molar-refractivity contribution in [3.63, 3.8) is 0 Å². The van der Waals surface area contributed by atoms with Crippen LogP contribution in [0.1, 0.15) is 12.8 Å². The van der Waals surface area contributed by atoms with E-state index in [0.29, 0.717) is 11.7 Å². The lowest BCUT2D eigenvalue weighted by molar-refractivity contribution is 0.496. The summed E-state index contributed by atoms with van der Waals surface area (Å²) in [5.74, 6) is 0.909. The number of piperidine rings is 1. The minimum atomic E-state index is 0.327. The highest BCUT2D eigenvalue weighted by Gasteiger charge is 2.17. The number of rotatable bonds is 1. The lowest BCUT2D eigenvalue weighted by atomic mass is 10.1. The Labute approximate surface area is 92.2 Å². The molecule has 0 amide bonds. The normalized spacial score (nSPS) is 18.2. The number of nitrogens with zero attached hydrogens (tertiary/aromatic N) is 6. The first kappa shape index (κ1) is 9.46. The molecule has 0 unspecified atom stereocenters. The third-order valence-corrected chi connectivity index (χ3v) is 2.92. The Hall–Kier alpha value is -1.76. The molecule has 1 fully saturated rings. The molecule has 1 saturated heterocycles. The fourth-order valence-corrected chi connectivity index (χ4v) is 1.94. The van der Waals surface area contributed by atoms with Gasteiger partial charge in [0.25, 0.3) is 0 Å². The molecule has 84 valence electrons. The van der Waals surface area contributed by atoms with Gasteiger partial charge in [0.1, 0.15) is 0 Å². The average Bonchev–Trinajstić information content (AvgIpc) is 2.77. The second-order valence-corrected chi connectivity index (χ2v) is 4.04. The second-order valence-electron chi connectivity index (χ2n) is 4.04. The molecule has 16 heavy (non-hydrogen) atoms. The molecule has 7 heteroatoms. The van der Waals surface area contributed by atoms with Crippen molar-refractivity contribution in [2.24, 2.45) is 5.73 Å². The van der Waals surface area contributed by atoms with E-state index in [1.807, 2.05) is 12.1 Å². The second kappa shape index (κ2) is 3.67. The summed E-state index contributed by atoms with van der Waals surface area (Å²) in [7, 11) is 0. The van der Waals surface area contributed by atoms with Crippen molar-refractivity contribution < 1.29 is 0 Å². The SMILES string of the molecule is NC1CCN(c2ccc3nnnn3n2)CC1. The van der Waals surface area contributed by atoms with Crippen LogP contribution in [0.3, 0.4) is 0 Å². The number of anilines is 1. The first-order valence-corrected chi connectivity index (χ1v) is 5.39. The summed E-state index contributed by atoms with van der Waals surface area (Å²) >= 11 is 0. The molecular weight excluding hydrogens is 206 g/mol. The van der Waals surface area contributed by atoms with Crippen molar-refractivity contribution >= 4 is 11.5 Å². The summed E-state index contributed by atoms with van der Waals surface area (Å²) in [6.45, 7) is 1.89. The highest BCUT2D eigenvalue weighted by molar-refractivity contribution is 5.44. The van der Waals surface area contributed by atoms with E-state index >= 15 is 0 Å². The van der Waals surface area contributed by atoms with Crippen LogP contribution in [0.5, 0.6) is 0 Å². The van der Waals surface area contributed by atoms with Crippen molar-refractivity contribution in [3.8, 4) is 0 Å². The van der Waals surface area contributed by atoms with Crippen LogP contribution in [0.25, 0.3) is 5.65 Å². The third kappa shape index (κ3) is 1.58. The summed E-state index contributed by atoms with van der Waals surface area (Å²) < 4.78 is 1.45. The van der Waals surface area contributed by atoms with E-state index in [0.717, 1.165) is 31.7 Å². The molecule has 0 bridgehead atoms. The van der Waals surface area contributed by atoms with Crippen molar-refractivity contribution in [2.45, 2.75) is 18.9 Å². The summed E-state index contributed by atoms with van der Waals surface area (Å²) in [6, 6.07) is 4.15. The number of nitrogens with two attached hydrogens (primary N) is 1. The highest BCUT2D eigenvalue weighted by Crippen LogP contribution is 2.16. The van der Waals surface area contributed by atoms with Crippen LogP contribution >= 0.6 is 0 Å². The van der Waals surface area contributed by atoms with E-state index < -0.39 is 0 Å². The average molecular weight is 219 g/mol. The number of fused-ring (bicyclic) bond motifs is 1. The van der Waals surface area contributed by atoms with Gasteiger partial charge in [-0.1, -0.05) is 0 Å². The van der Waals surface area contributed by atoms with E-state index in [2.05, 4.69) is 25.5 Å². The molecule has 2 N–H and O–H groups in total. The van der Waals surface area contributed by atoms with Gasteiger partial charge in [-0.2, -0.15) is 0 Å². The standard InChI is InChI=1S/C9H13N7/c10-7-3-5-15(6-4-7)9-2-1-8-11-13-14-16(8)12-9/h1-2,7H,3-6,10H2. The van der Waals surface area contributed by atoms with Crippen molar-refractivity contribution in [3.05, 3.63) is 12.1 Å². The van der Waals surface area contributed by atoms with Gasteiger partial charge in [0.2, 0.25) is 0 Å². The van der Waals surface area contributed by atoms with Crippen LogP contribution in [-0.4, -0.2) is 44.4 Å². The molecule has 2 aromatic rings. The van der Waals surface area contributed by atoms with Crippen LogP contribution in [-0.2, 0) is 0 Å². The minimum Gasteiger partial charge on any atom is -0.355 e. The van der Waals surface area contributed by atoms with Crippen LogP contribution in [0.15, 0.2) is 12.1 Å². The quantitative estimate of drug-likeness (QED) is 0.692. The number of tetrazole rings is 1. The van der Waals surface area contributed by atoms with Crippen LogP contribution in [0.2, 0.25) is 0 Å². The zero-order valence-electron chi connectivity index (χ0n) is 8.82. The molecule has 7 nitrogen and oxygen atoms in total. The third-order valence-electron chi connectivity index (χ3n) is 2.92. The van der Waals surface area contributed by atoms with Gasteiger partial charge < -0.3 is 10.6 Å². The Morgan fingerprint density at radius 2 is 2.06 bits per heavy atom. The molecule has 0 spiro atoms. The van der Waals surface area contributed by atoms with Gasteiger partial charge in [0, 0.05) is 19.1 Å². The van der Waals surface area contributed by atoms with Crippen LogP contribution in [0.4, 0.5) is 5.82 Å². The maximum Gasteiger partial charge on any atom is 0.200 e. The minimum absolute atomic E-state index is 0.327. The van der Waals surface area contributed by atoms with E-state index in [4.69, 9.17) is 5.73 Å². The van der Waals surface area contributed by atoms with Gasteiger partial charge in [-0.25, -0.2) is 0 Å². The molecule has 0 radical (unpaired) electrons. The molecule has 0 atom stereocenters. The van der Waals surface area contributed by atoms with Gasteiger partial charge in [0.05, 0.1) is 0 Å². The lowest BCUT2D eigenvalue weighted by Crippen LogP contribution is -2.40. The lowest BCUT2D eigenvalue weighted by Gasteiger charge is -2.30. The van der Waals surface area contributed by atoms with Crippen molar-refractivity contribution in [1.82, 2.24) is 25.3 Å². The molecule has 0 aromatic carbocycles. The number of aromatic nitrogens is 5. The van der Waals surface area contributed by atoms with Crippen LogP contribution < -0.4 is 10.6 Å². The smallest absolute Gasteiger partial charge is 0.200 e. The monoisotopic (exact) mass is 219 g/mol. The van der Waals surface area contributed by atoms with Crippen molar-refractivity contribution in [2.75, 3.05) is 18.0 Å². The maximum absolute atomic E-state index is 5.86. The van der Waals surface area contributed by atoms with Gasteiger partial charge in [-0.3, -0.25) is 0 Å². The zero-order valence-corrected chi connectivity index (χ0v) is 8.82. The zero-order chi connectivity index (χ0) is 11.0. The predicted octanol–water partition coefficient (Wildman–Crippen LogP) is -0.553.